The van der Waals surface area contributed by atoms with Gasteiger partial charge in [-0.3, -0.25) is 4.79 Å². The summed E-state index contributed by atoms with van der Waals surface area (Å²) in [7, 11) is 1.87. The SMILES string of the molecule is CN(CCOc1ccccc1)C(=O)C1(C)CCNCC1. The van der Waals surface area contributed by atoms with Crippen molar-refractivity contribution < 1.29 is 9.53 Å². The van der Waals surface area contributed by atoms with Crippen LogP contribution >= 0.6 is 0 Å². The molecule has 0 bridgehead atoms. The fraction of sp³-hybridized carbons (Fsp3) is 0.562. The molecule has 0 atom stereocenters. The fourth-order valence-corrected chi connectivity index (χ4v) is 2.57. The Hall–Kier alpha value is -1.55. The number of nitrogens with one attached hydrogen (secondary N) is 1. The van der Waals surface area contributed by atoms with Crippen LogP contribution < -0.4 is 10.1 Å². The molecular weight excluding hydrogens is 252 g/mol. The van der Waals surface area contributed by atoms with Gasteiger partial charge in [-0.1, -0.05) is 25.1 Å². The lowest BCUT2D eigenvalue weighted by Gasteiger charge is -2.35. The van der Waals surface area contributed by atoms with Crippen LogP contribution in [0.3, 0.4) is 0 Å². The van der Waals surface area contributed by atoms with E-state index in [1.54, 1.807) is 4.90 Å². The molecule has 1 N–H and O–H groups in total. The molecule has 1 aromatic carbocycles. The van der Waals surface area contributed by atoms with Crippen molar-refractivity contribution in [3.05, 3.63) is 30.3 Å². The molecule has 1 heterocycles. The minimum Gasteiger partial charge on any atom is -0.492 e. The number of ether oxygens (including phenoxy) is 1. The van der Waals surface area contributed by atoms with E-state index in [2.05, 4.69) is 12.2 Å². The Balaban J connectivity index is 1.79. The van der Waals surface area contributed by atoms with E-state index >= 15 is 0 Å². The molecule has 1 fully saturated rings. The zero-order valence-electron chi connectivity index (χ0n) is 12.4. The van der Waals surface area contributed by atoms with E-state index in [1.165, 1.54) is 0 Å². The van der Waals surface area contributed by atoms with E-state index in [4.69, 9.17) is 4.74 Å². The van der Waals surface area contributed by atoms with Gasteiger partial charge in [-0.15, -0.1) is 0 Å². The average molecular weight is 276 g/mol. The predicted octanol–water partition coefficient (Wildman–Crippen LogP) is 1.91. The highest BCUT2D eigenvalue weighted by Crippen LogP contribution is 2.29. The molecule has 1 saturated heterocycles. The first kappa shape index (κ1) is 14.9. The monoisotopic (exact) mass is 276 g/mol. The molecule has 110 valence electrons. The fourth-order valence-electron chi connectivity index (χ4n) is 2.57. The lowest BCUT2D eigenvalue weighted by atomic mass is 9.80. The lowest BCUT2D eigenvalue weighted by molar-refractivity contribution is -0.141. The quantitative estimate of drug-likeness (QED) is 0.893. The van der Waals surface area contributed by atoms with Crippen molar-refractivity contribution in [1.82, 2.24) is 10.2 Å². The Morgan fingerprint density at radius 1 is 1.30 bits per heavy atom. The number of benzene rings is 1. The standard InChI is InChI=1S/C16H24N2O2/c1-16(8-10-17-11-9-16)15(19)18(2)12-13-20-14-6-4-3-5-7-14/h3-7,17H,8-13H2,1-2H3. The van der Waals surface area contributed by atoms with Gasteiger partial charge in [-0.2, -0.15) is 0 Å². The van der Waals surface area contributed by atoms with Crippen LogP contribution in [0.5, 0.6) is 5.75 Å². The van der Waals surface area contributed by atoms with Gasteiger partial charge in [0.15, 0.2) is 0 Å². The largest absolute Gasteiger partial charge is 0.492 e. The Kier molecular flexibility index (Phi) is 5.01. The maximum Gasteiger partial charge on any atom is 0.228 e. The molecule has 0 aromatic heterocycles. The summed E-state index contributed by atoms with van der Waals surface area (Å²) in [6.07, 6.45) is 1.82. The van der Waals surface area contributed by atoms with Crippen molar-refractivity contribution in [3.8, 4) is 5.75 Å². The van der Waals surface area contributed by atoms with Crippen molar-refractivity contribution in [2.24, 2.45) is 5.41 Å². The van der Waals surface area contributed by atoms with Crippen LogP contribution in [0, 0.1) is 5.41 Å². The van der Waals surface area contributed by atoms with Gasteiger partial charge in [0.05, 0.1) is 6.54 Å². The van der Waals surface area contributed by atoms with Crippen LogP contribution in [0.25, 0.3) is 0 Å². The van der Waals surface area contributed by atoms with Crippen molar-refractivity contribution in [1.29, 1.82) is 0 Å². The van der Waals surface area contributed by atoms with Crippen LogP contribution in [0.2, 0.25) is 0 Å². The Morgan fingerprint density at radius 3 is 2.60 bits per heavy atom. The van der Waals surface area contributed by atoms with Gasteiger partial charge < -0.3 is 15.0 Å². The molecule has 20 heavy (non-hydrogen) atoms. The molecule has 0 aliphatic carbocycles. The van der Waals surface area contributed by atoms with Crippen LogP contribution in [-0.2, 0) is 4.79 Å². The van der Waals surface area contributed by atoms with Crippen molar-refractivity contribution >= 4 is 5.91 Å². The van der Waals surface area contributed by atoms with Gasteiger partial charge in [-0.05, 0) is 38.1 Å². The minimum atomic E-state index is -0.216. The first-order valence-electron chi connectivity index (χ1n) is 7.26. The zero-order chi connectivity index (χ0) is 14.4. The van der Waals surface area contributed by atoms with E-state index in [1.807, 2.05) is 37.4 Å². The van der Waals surface area contributed by atoms with Gasteiger partial charge in [0.25, 0.3) is 0 Å². The normalized spacial score (nSPS) is 17.5. The molecule has 0 unspecified atom stereocenters. The van der Waals surface area contributed by atoms with Crippen LogP contribution in [-0.4, -0.2) is 44.1 Å². The Morgan fingerprint density at radius 2 is 1.95 bits per heavy atom. The molecule has 1 aliphatic rings. The number of hydrogen-bond acceptors (Lipinski definition) is 3. The molecule has 1 aromatic rings. The van der Waals surface area contributed by atoms with Gasteiger partial charge in [0.2, 0.25) is 5.91 Å². The number of amides is 1. The van der Waals surface area contributed by atoms with Gasteiger partial charge in [-0.25, -0.2) is 0 Å². The summed E-state index contributed by atoms with van der Waals surface area (Å²) in [6.45, 7) is 5.08. The van der Waals surface area contributed by atoms with E-state index in [9.17, 15) is 4.79 Å². The summed E-state index contributed by atoms with van der Waals surface area (Å²) in [5.74, 6) is 1.08. The lowest BCUT2D eigenvalue weighted by Crippen LogP contribution is -2.47. The summed E-state index contributed by atoms with van der Waals surface area (Å²) in [5, 5.41) is 3.30. The van der Waals surface area contributed by atoms with E-state index in [0.717, 1.165) is 31.7 Å². The molecule has 4 nitrogen and oxygen atoms in total. The van der Waals surface area contributed by atoms with Gasteiger partial charge >= 0.3 is 0 Å². The number of para-hydroxylation sites is 1. The number of rotatable bonds is 5. The highest BCUT2D eigenvalue weighted by atomic mass is 16.5. The van der Waals surface area contributed by atoms with E-state index in [0.29, 0.717) is 13.2 Å². The summed E-state index contributed by atoms with van der Waals surface area (Å²) in [5.41, 5.74) is -0.216. The third kappa shape index (κ3) is 3.73. The minimum absolute atomic E-state index is 0.216. The predicted molar refractivity (Wildman–Crippen MR) is 79.8 cm³/mol. The Bertz CT molecular complexity index is 427. The maximum absolute atomic E-state index is 12.5. The third-order valence-electron chi connectivity index (χ3n) is 4.01. The average Bonchev–Trinajstić information content (AvgIpc) is 2.48. The zero-order valence-corrected chi connectivity index (χ0v) is 12.4. The van der Waals surface area contributed by atoms with E-state index < -0.39 is 0 Å². The summed E-state index contributed by atoms with van der Waals surface area (Å²) in [6, 6.07) is 9.70. The second-order valence-electron chi connectivity index (χ2n) is 5.70. The number of hydrogen-bond donors (Lipinski definition) is 1. The summed E-state index contributed by atoms with van der Waals surface area (Å²) >= 11 is 0. The molecule has 1 aliphatic heterocycles. The number of likely N-dealkylation sites (N-methyl/N-ethyl adjacent to an activating group) is 1. The van der Waals surface area contributed by atoms with Crippen LogP contribution in [0.4, 0.5) is 0 Å². The number of carbonyl (C=O) groups is 1. The number of nitrogens with zero attached hydrogens (tertiary/aromatic N) is 1. The second-order valence-corrected chi connectivity index (χ2v) is 5.70. The summed E-state index contributed by atoms with van der Waals surface area (Å²) in [4.78, 5) is 14.3. The van der Waals surface area contributed by atoms with Crippen molar-refractivity contribution in [2.45, 2.75) is 19.8 Å². The smallest absolute Gasteiger partial charge is 0.228 e. The molecule has 0 radical (unpaired) electrons. The molecular formula is C16H24N2O2. The first-order valence-corrected chi connectivity index (χ1v) is 7.26. The molecule has 4 heteroatoms. The van der Waals surface area contributed by atoms with Crippen molar-refractivity contribution in [3.63, 3.8) is 0 Å². The highest BCUT2D eigenvalue weighted by Gasteiger charge is 2.36. The molecule has 0 spiro atoms. The number of piperidine rings is 1. The van der Waals surface area contributed by atoms with Gasteiger partial charge in [0.1, 0.15) is 12.4 Å². The topological polar surface area (TPSA) is 41.6 Å². The second kappa shape index (κ2) is 6.75. The number of carbonyl (C=O) groups excluding carboxylic acids is 1. The van der Waals surface area contributed by atoms with Crippen LogP contribution in [0.1, 0.15) is 19.8 Å². The summed E-state index contributed by atoms with van der Waals surface area (Å²) < 4.78 is 5.64. The third-order valence-corrected chi connectivity index (χ3v) is 4.01. The van der Waals surface area contributed by atoms with Gasteiger partial charge in [0, 0.05) is 12.5 Å². The maximum atomic E-state index is 12.5. The molecule has 0 saturated carbocycles. The van der Waals surface area contributed by atoms with Crippen molar-refractivity contribution in [2.75, 3.05) is 33.3 Å². The molecule has 2 rings (SSSR count). The van der Waals surface area contributed by atoms with Crippen LogP contribution in [0.15, 0.2) is 30.3 Å². The Labute approximate surface area is 121 Å². The molecule has 1 amide bonds. The first-order chi connectivity index (χ1) is 9.62. The van der Waals surface area contributed by atoms with E-state index in [-0.39, 0.29) is 11.3 Å². The highest BCUT2D eigenvalue weighted by molar-refractivity contribution is 5.82.